The van der Waals surface area contributed by atoms with E-state index < -0.39 is 0 Å². The number of aryl methyl sites for hydroxylation is 1. The highest BCUT2D eigenvalue weighted by Crippen LogP contribution is 2.23. The van der Waals surface area contributed by atoms with E-state index in [9.17, 15) is 4.79 Å². The first kappa shape index (κ1) is 15.7. The fourth-order valence-electron chi connectivity index (χ4n) is 2.77. The molecular weight excluding hydrogens is 312 g/mol. The largest absolute Gasteiger partial charge is 0.354 e. The molecule has 1 aromatic carbocycles. The van der Waals surface area contributed by atoms with E-state index in [0.717, 1.165) is 36.6 Å². The minimum absolute atomic E-state index is 0.0250. The molecule has 0 spiro atoms. The summed E-state index contributed by atoms with van der Waals surface area (Å²) in [6.45, 7) is 3.47. The molecule has 5 nitrogen and oxygen atoms in total. The number of halogens is 1. The summed E-state index contributed by atoms with van der Waals surface area (Å²) >= 11 is 5.96. The number of carbonyl (C=O) groups excluding carboxylic acids is 1. The number of hydrogen-bond acceptors (Lipinski definition) is 4. The molecule has 2 heterocycles. The van der Waals surface area contributed by atoms with Crippen LogP contribution in [0.4, 0.5) is 11.5 Å². The van der Waals surface area contributed by atoms with E-state index >= 15 is 0 Å². The van der Waals surface area contributed by atoms with Crippen LogP contribution in [-0.2, 0) is 4.79 Å². The van der Waals surface area contributed by atoms with Crippen molar-refractivity contribution in [2.24, 2.45) is 5.92 Å². The molecule has 1 saturated heterocycles. The van der Waals surface area contributed by atoms with Gasteiger partial charge in [0, 0.05) is 23.8 Å². The monoisotopic (exact) mass is 330 g/mol. The van der Waals surface area contributed by atoms with Gasteiger partial charge in [-0.15, -0.1) is 5.10 Å². The van der Waals surface area contributed by atoms with Gasteiger partial charge in [0.2, 0.25) is 5.91 Å². The maximum absolute atomic E-state index is 12.5. The van der Waals surface area contributed by atoms with Gasteiger partial charge in [-0.1, -0.05) is 17.7 Å². The lowest BCUT2D eigenvalue weighted by Crippen LogP contribution is -2.41. The third-order valence-corrected chi connectivity index (χ3v) is 4.23. The summed E-state index contributed by atoms with van der Waals surface area (Å²) < 4.78 is 0. The highest BCUT2D eigenvalue weighted by molar-refractivity contribution is 6.30. The molecule has 1 amide bonds. The Bertz CT molecular complexity index is 689. The molecule has 6 heteroatoms. The molecule has 1 unspecified atom stereocenters. The van der Waals surface area contributed by atoms with Gasteiger partial charge in [-0.2, -0.15) is 5.10 Å². The van der Waals surface area contributed by atoms with Crippen LogP contribution in [0, 0.1) is 12.8 Å². The Morgan fingerprint density at radius 2 is 2.17 bits per heavy atom. The van der Waals surface area contributed by atoms with Crippen LogP contribution in [0.15, 0.2) is 36.4 Å². The summed E-state index contributed by atoms with van der Waals surface area (Å²) in [5.74, 6) is 0.790. The van der Waals surface area contributed by atoms with Crippen LogP contribution < -0.4 is 10.2 Å². The van der Waals surface area contributed by atoms with Crippen molar-refractivity contribution in [3.05, 3.63) is 47.1 Å². The molecule has 120 valence electrons. The van der Waals surface area contributed by atoms with Crippen molar-refractivity contribution in [1.29, 1.82) is 0 Å². The number of amides is 1. The Kier molecular flexibility index (Phi) is 4.76. The lowest BCUT2D eigenvalue weighted by Gasteiger charge is -2.32. The third-order valence-electron chi connectivity index (χ3n) is 3.99. The van der Waals surface area contributed by atoms with Gasteiger partial charge in [0.25, 0.3) is 0 Å². The molecular formula is C17H19ClN4O. The lowest BCUT2D eigenvalue weighted by atomic mass is 9.97. The van der Waals surface area contributed by atoms with Crippen molar-refractivity contribution in [1.82, 2.24) is 10.2 Å². The molecule has 1 aromatic heterocycles. The van der Waals surface area contributed by atoms with E-state index in [4.69, 9.17) is 11.6 Å². The summed E-state index contributed by atoms with van der Waals surface area (Å²) in [6, 6.07) is 11.1. The smallest absolute Gasteiger partial charge is 0.229 e. The van der Waals surface area contributed by atoms with Crippen molar-refractivity contribution < 1.29 is 4.79 Å². The van der Waals surface area contributed by atoms with Crippen LogP contribution in [-0.4, -0.2) is 29.2 Å². The van der Waals surface area contributed by atoms with Gasteiger partial charge in [-0.3, -0.25) is 4.79 Å². The molecule has 1 atom stereocenters. The first-order chi connectivity index (χ1) is 11.1. The van der Waals surface area contributed by atoms with Gasteiger partial charge >= 0.3 is 0 Å². The summed E-state index contributed by atoms with van der Waals surface area (Å²) in [7, 11) is 0. The number of hydrogen-bond donors (Lipinski definition) is 1. The van der Waals surface area contributed by atoms with Gasteiger partial charge in [-0.05, 0) is 50.1 Å². The summed E-state index contributed by atoms with van der Waals surface area (Å²) in [4.78, 5) is 14.6. The lowest BCUT2D eigenvalue weighted by molar-refractivity contribution is -0.120. The van der Waals surface area contributed by atoms with Crippen molar-refractivity contribution in [2.75, 3.05) is 23.3 Å². The van der Waals surface area contributed by atoms with Gasteiger partial charge in [0.15, 0.2) is 5.82 Å². The molecule has 1 aliphatic heterocycles. The Morgan fingerprint density at radius 3 is 2.91 bits per heavy atom. The molecule has 2 aromatic rings. The zero-order chi connectivity index (χ0) is 16.2. The second-order valence-electron chi connectivity index (χ2n) is 5.82. The minimum Gasteiger partial charge on any atom is -0.354 e. The first-order valence-electron chi connectivity index (χ1n) is 7.73. The quantitative estimate of drug-likeness (QED) is 0.938. The van der Waals surface area contributed by atoms with Crippen LogP contribution >= 0.6 is 11.6 Å². The number of nitrogens with zero attached hydrogens (tertiary/aromatic N) is 3. The standard InChI is InChI=1S/C17H19ClN4O/c1-12-7-8-16(21-20-12)22-9-3-4-13(11-22)17(23)19-15-6-2-5-14(18)10-15/h2,5-8,10,13H,3-4,9,11H2,1H3,(H,19,23). The molecule has 3 rings (SSSR count). The zero-order valence-electron chi connectivity index (χ0n) is 13.0. The summed E-state index contributed by atoms with van der Waals surface area (Å²) in [5.41, 5.74) is 1.62. The second kappa shape index (κ2) is 6.96. The van der Waals surface area contributed by atoms with E-state index in [2.05, 4.69) is 20.4 Å². The van der Waals surface area contributed by atoms with Gasteiger partial charge < -0.3 is 10.2 Å². The molecule has 0 bridgehead atoms. The minimum atomic E-state index is -0.0640. The second-order valence-corrected chi connectivity index (χ2v) is 6.25. The van der Waals surface area contributed by atoms with E-state index in [1.165, 1.54) is 0 Å². The predicted molar refractivity (Wildman–Crippen MR) is 91.8 cm³/mol. The number of piperidine rings is 1. The summed E-state index contributed by atoms with van der Waals surface area (Å²) in [5, 5.41) is 11.9. The fourth-order valence-corrected chi connectivity index (χ4v) is 2.96. The third kappa shape index (κ3) is 3.99. The molecule has 0 radical (unpaired) electrons. The van der Waals surface area contributed by atoms with Crippen LogP contribution in [0.3, 0.4) is 0 Å². The average Bonchev–Trinajstić information content (AvgIpc) is 2.56. The Balaban J connectivity index is 1.65. The predicted octanol–water partition coefficient (Wildman–Crippen LogP) is 3.29. The van der Waals surface area contributed by atoms with Crippen molar-refractivity contribution in [3.8, 4) is 0 Å². The van der Waals surface area contributed by atoms with E-state index in [-0.39, 0.29) is 11.8 Å². The van der Waals surface area contributed by atoms with Crippen LogP contribution in [0.1, 0.15) is 18.5 Å². The molecule has 0 aliphatic carbocycles. The zero-order valence-corrected chi connectivity index (χ0v) is 13.8. The van der Waals surface area contributed by atoms with E-state index in [1.54, 1.807) is 12.1 Å². The number of aromatic nitrogens is 2. The van der Waals surface area contributed by atoms with Crippen molar-refractivity contribution >= 4 is 29.0 Å². The molecule has 1 fully saturated rings. The fraction of sp³-hybridized carbons (Fsp3) is 0.353. The van der Waals surface area contributed by atoms with E-state index in [0.29, 0.717) is 11.6 Å². The number of carbonyl (C=O) groups is 1. The van der Waals surface area contributed by atoms with Crippen LogP contribution in [0.2, 0.25) is 5.02 Å². The number of benzene rings is 1. The summed E-state index contributed by atoms with van der Waals surface area (Å²) in [6.07, 6.45) is 1.84. The number of nitrogens with one attached hydrogen (secondary N) is 1. The topological polar surface area (TPSA) is 58.1 Å². The first-order valence-corrected chi connectivity index (χ1v) is 8.11. The van der Waals surface area contributed by atoms with E-state index in [1.807, 2.05) is 31.2 Å². The molecule has 1 N–H and O–H groups in total. The maximum Gasteiger partial charge on any atom is 0.229 e. The average molecular weight is 331 g/mol. The van der Waals surface area contributed by atoms with Gasteiger partial charge in [0.1, 0.15) is 0 Å². The Hall–Kier alpha value is -2.14. The molecule has 23 heavy (non-hydrogen) atoms. The Labute approximate surface area is 140 Å². The highest BCUT2D eigenvalue weighted by atomic mass is 35.5. The SMILES string of the molecule is Cc1ccc(N2CCCC(C(=O)Nc3cccc(Cl)c3)C2)nn1. The highest BCUT2D eigenvalue weighted by Gasteiger charge is 2.26. The van der Waals surface area contributed by atoms with Crippen LogP contribution in [0.5, 0.6) is 0 Å². The number of rotatable bonds is 3. The number of anilines is 2. The van der Waals surface area contributed by atoms with Gasteiger partial charge in [-0.25, -0.2) is 0 Å². The maximum atomic E-state index is 12.5. The molecule has 0 saturated carbocycles. The van der Waals surface area contributed by atoms with Crippen molar-refractivity contribution in [3.63, 3.8) is 0 Å². The Morgan fingerprint density at radius 1 is 1.30 bits per heavy atom. The van der Waals surface area contributed by atoms with Crippen LogP contribution in [0.25, 0.3) is 0 Å². The molecule has 1 aliphatic rings. The normalized spacial score (nSPS) is 17.8. The van der Waals surface area contributed by atoms with Crippen molar-refractivity contribution in [2.45, 2.75) is 19.8 Å². The van der Waals surface area contributed by atoms with Gasteiger partial charge in [0.05, 0.1) is 11.6 Å².